The number of hydrogen-bond donors (Lipinski definition) is 3. The number of urea groups is 1. The van der Waals surface area contributed by atoms with Crippen molar-refractivity contribution in [3.63, 3.8) is 0 Å². The summed E-state index contributed by atoms with van der Waals surface area (Å²) in [7, 11) is 0. The zero-order valence-electron chi connectivity index (χ0n) is 10.8. The molecule has 18 heavy (non-hydrogen) atoms. The van der Waals surface area contributed by atoms with Crippen LogP contribution in [0.5, 0.6) is 0 Å². The highest BCUT2D eigenvalue weighted by Gasteiger charge is 2.42. The molecule has 0 aromatic carbocycles. The first-order valence-electron chi connectivity index (χ1n) is 6.85. The quantitative estimate of drug-likeness (QED) is 0.647. The monoisotopic (exact) mass is 254 g/mol. The number of amides is 2. The van der Waals surface area contributed by atoms with Gasteiger partial charge in [-0.2, -0.15) is 0 Å². The fourth-order valence-corrected chi connectivity index (χ4v) is 2.36. The van der Waals surface area contributed by atoms with Gasteiger partial charge in [0.25, 0.3) is 0 Å². The molecule has 0 aliphatic heterocycles. The molecular weight excluding hydrogens is 232 g/mol. The van der Waals surface area contributed by atoms with Crippen molar-refractivity contribution in [2.24, 2.45) is 11.8 Å². The highest BCUT2D eigenvalue weighted by Crippen LogP contribution is 2.44. The fourth-order valence-electron chi connectivity index (χ4n) is 2.36. The van der Waals surface area contributed by atoms with E-state index in [4.69, 9.17) is 5.11 Å². The first-order chi connectivity index (χ1) is 8.56. The molecule has 1 atom stereocenters. The summed E-state index contributed by atoms with van der Waals surface area (Å²) in [5.41, 5.74) is 0. The van der Waals surface area contributed by atoms with Crippen molar-refractivity contribution in [3.8, 4) is 0 Å². The van der Waals surface area contributed by atoms with Crippen molar-refractivity contribution in [2.45, 2.75) is 57.5 Å². The number of carboxylic acids is 1. The van der Waals surface area contributed by atoms with Gasteiger partial charge in [0.05, 0.1) is 0 Å². The van der Waals surface area contributed by atoms with Gasteiger partial charge in [-0.25, -0.2) is 4.79 Å². The van der Waals surface area contributed by atoms with Gasteiger partial charge in [-0.1, -0.05) is 0 Å². The van der Waals surface area contributed by atoms with E-state index in [1.165, 1.54) is 25.7 Å². The van der Waals surface area contributed by atoms with E-state index in [2.05, 4.69) is 10.6 Å². The topological polar surface area (TPSA) is 78.4 Å². The van der Waals surface area contributed by atoms with Crippen LogP contribution >= 0.6 is 0 Å². The Kier molecular flexibility index (Phi) is 4.09. The van der Waals surface area contributed by atoms with Gasteiger partial charge < -0.3 is 15.7 Å². The fraction of sp³-hybridized carbons (Fsp3) is 0.846. The van der Waals surface area contributed by atoms with Gasteiger partial charge in [0, 0.05) is 18.5 Å². The third-order valence-corrected chi connectivity index (χ3v) is 3.73. The predicted molar refractivity (Wildman–Crippen MR) is 67.2 cm³/mol. The van der Waals surface area contributed by atoms with Crippen LogP contribution in [0, 0.1) is 11.8 Å². The number of carboxylic acid groups (broad SMARTS) is 1. The molecule has 3 N–H and O–H groups in total. The number of aliphatic carboxylic acids is 1. The van der Waals surface area contributed by atoms with Crippen molar-refractivity contribution in [1.29, 1.82) is 0 Å². The van der Waals surface area contributed by atoms with Crippen LogP contribution in [0.1, 0.15) is 45.4 Å². The van der Waals surface area contributed by atoms with Gasteiger partial charge in [-0.05, 0) is 50.9 Å². The largest absolute Gasteiger partial charge is 0.481 e. The summed E-state index contributed by atoms with van der Waals surface area (Å²) in [6.07, 6.45) is 5.49. The Bertz CT molecular complexity index is 312. The maximum Gasteiger partial charge on any atom is 0.315 e. The standard InChI is InChI=1S/C13H22N2O3/c1-8(2-7-11(16)17)14-13(18)15-12(9-3-4-9)10-5-6-10/h8-10,12H,2-7H2,1H3,(H,16,17)(H2,14,15,18). The molecule has 2 rings (SSSR count). The van der Waals surface area contributed by atoms with Crippen molar-refractivity contribution in [2.75, 3.05) is 0 Å². The third kappa shape index (κ3) is 4.20. The number of rotatable bonds is 7. The highest BCUT2D eigenvalue weighted by atomic mass is 16.4. The molecule has 2 aliphatic carbocycles. The molecule has 0 radical (unpaired) electrons. The summed E-state index contributed by atoms with van der Waals surface area (Å²) < 4.78 is 0. The maximum atomic E-state index is 11.8. The van der Waals surface area contributed by atoms with Crippen molar-refractivity contribution in [1.82, 2.24) is 10.6 Å². The van der Waals surface area contributed by atoms with Gasteiger partial charge in [-0.3, -0.25) is 4.79 Å². The Morgan fingerprint density at radius 1 is 1.17 bits per heavy atom. The van der Waals surface area contributed by atoms with Crippen LogP contribution in [0.3, 0.4) is 0 Å². The lowest BCUT2D eigenvalue weighted by molar-refractivity contribution is -0.137. The molecule has 1 unspecified atom stereocenters. The molecule has 0 heterocycles. The molecule has 2 fully saturated rings. The first kappa shape index (κ1) is 13.2. The molecular formula is C13H22N2O3. The Morgan fingerprint density at radius 3 is 2.17 bits per heavy atom. The normalized spacial score (nSPS) is 20.6. The number of carbonyl (C=O) groups excluding carboxylic acids is 1. The Hall–Kier alpha value is -1.26. The van der Waals surface area contributed by atoms with Crippen LogP contribution in [-0.4, -0.2) is 29.2 Å². The van der Waals surface area contributed by atoms with Crippen LogP contribution < -0.4 is 10.6 Å². The van der Waals surface area contributed by atoms with E-state index in [0.717, 1.165) is 0 Å². The molecule has 0 aromatic rings. The second-order valence-electron chi connectivity index (χ2n) is 5.65. The van der Waals surface area contributed by atoms with E-state index < -0.39 is 5.97 Å². The summed E-state index contributed by atoms with van der Waals surface area (Å²) in [6.45, 7) is 1.84. The second-order valence-corrected chi connectivity index (χ2v) is 5.65. The zero-order chi connectivity index (χ0) is 13.1. The molecule has 0 bridgehead atoms. The first-order valence-corrected chi connectivity index (χ1v) is 6.85. The van der Waals surface area contributed by atoms with Crippen molar-refractivity contribution >= 4 is 12.0 Å². The van der Waals surface area contributed by atoms with E-state index in [-0.39, 0.29) is 18.5 Å². The van der Waals surface area contributed by atoms with Gasteiger partial charge in [0.1, 0.15) is 0 Å². The smallest absolute Gasteiger partial charge is 0.315 e. The van der Waals surface area contributed by atoms with E-state index in [9.17, 15) is 9.59 Å². The molecule has 0 aromatic heterocycles. The van der Waals surface area contributed by atoms with Gasteiger partial charge in [0.15, 0.2) is 0 Å². The second kappa shape index (κ2) is 5.59. The molecule has 102 valence electrons. The molecule has 2 amide bonds. The minimum absolute atomic E-state index is 0.0934. The highest BCUT2D eigenvalue weighted by molar-refractivity contribution is 5.75. The van der Waals surface area contributed by atoms with E-state index in [1.807, 2.05) is 6.92 Å². The molecule has 0 spiro atoms. The minimum atomic E-state index is -0.821. The molecule has 5 nitrogen and oxygen atoms in total. The Labute approximate surface area is 107 Å². The summed E-state index contributed by atoms with van der Waals surface area (Å²) in [6, 6.07) is 0.105. The lowest BCUT2D eigenvalue weighted by atomic mass is 10.1. The van der Waals surface area contributed by atoms with Crippen molar-refractivity contribution in [3.05, 3.63) is 0 Å². The van der Waals surface area contributed by atoms with Crippen LogP contribution in [0.4, 0.5) is 4.79 Å². The number of carbonyl (C=O) groups is 2. The van der Waals surface area contributed by atoms with Crippen LogP contribution in [-0.2, 0) is 4.79 Å². The summed E-state index contributed by atoms with van der Waals surface area (Å²) in [5, 5.41) is 14.5. The van der Waals surface area contributed by atoms with Crippen LogP contribution in [0.25, 0.3) is 0 Å². The Balaban J connectivity index is 1.68. The van der Waals surface area contributed by atoms with Gasteiger partial charge in [-0.15, -0.1) is 0 Å². The molecule has 0 saturated heterocycles. The SMILES string of the molecule is CC(CCC(=O)O)NC(=O)NC(C1CC1)C1CC1. The van der Waals surface area contributed by atoms with Gasteiger partial charge >= 0.3 is 12.0 Å². The zero-order valence-corrected chi connectivity index (χ0v) is 10.8. The van der Waals surface area contributed by atoms with Gasteiger partial charge in [0.2, 0.25) is 0 Å². The summed E-state index contributed by atoms with van der Waals surface area (Å²) in [5.74, 6) is 0.535. The van der Waals surface area contributed by atoms with E-state index >= 15 is 0 Å². The average molecular weight is 254 g/mol. The number of nitrogens with one attached hydrogen (secondary N) is 2. The van der Waals surface area contributed by atoms with E-state index in [1.54, 1.807) is 0 Å². The Morgan fingerprint density at radius 2 is 1.72 bits per heavy atom. The summed E-state index contributed by atoms with van der Waals surface area (Å²) in [4.78, 5) is 22.2. The average Bonchev–Trinajstić information content (AvgIpc) is 3.15. The predicted octanol–water partition coefficient (Wildman–Crippen LogP) is 1.73. The molecule has 2 aliphatic rings. The molecule has 2 saturated carbocycles. The lowest BCUT2D eigenvalue weighted by Gasteiger charge is -2.20. The summed E-state index contributed by atoms with van der Waals surface area (Å²) >= 11 is 0. The van der Waals surface area contributed by atoms with Crippen LogP contribution in [0.2, 0.25) is 0 Å². The minimum Gasteiger partial charge on any atom is -0.481 e. The van der Waals surface area contributed by atoms with E-state index in [0.29, 0.717) is 24.3 Å². The molecule has 5 heteroatoms. The maximum absolute atomic E-state index is 11.8. The van der Waals surface area contributed by atoms with Crippen LogP contribution in [0.15, 0.2) is 0 Å². The lowest BCUT2D eigenvalue weighted by Crippen LogP contribution is -2.47. The number of hydrogen-bond acceptors (Lipinski definition) is 2. The van der Waals surface area contributed by atoms with Crippen molar-refractivity contribution < 1.29 is 14.7 Å². The third-order valence-electron chi connectivity index (χ3n) is 3.73.